The lowest BCUT2D eigenvalue weighted by molar-refractivity contribution is -0.148. The van der Waals surface area contributed by atoms with E-state index in [0.717, 1.165) is 12.2 Å². The van der Waals surface area contributed by atoms with Gasteiger partial charge in [0, 0.05) is 25.0 Å². The number of cyclic esters (lactones) is 2. The van der Waals surface area contributed by atoms with Crippen molar-refractivity contribution in [2.45, 2.75) is 38.5 Å². The van der Waals surface area contributed by atoms with Crippen molar-refractivity contribution in [3.63, 3.8) is 0 Å². The van der Waals surface area contributed by atoms with Gasteiger partial charge in [-0.1, -0.05) is 0 Å². The molecular formula is C16H22O12. The zero-order chi connectivity index (χ0) is 21.9. The van der Waals surface area contributed by atoms with E-state index in [9.17, 15) is 28.8 Å². The van der Waals surface area contributed by atoms with Crippen molar-refractivity contribution in [2.75, 3.05) is 13.2 Å². The number of unbranched alkanes of at least 4 members (excludes halogenated alkanes) is 1. The Morgan fingerprint density at radius 1 is 0.643 bits per heavy atom. The van der Waals surface area contributed by atoms with Gasteiger partial charge in [-0.15, -0.1) is 0 Å². The van der Waals surface area contributed by atoms with E-state index in [4.69, 9.17) is 20.4 Å². The zero-order valence-electron chi connectivity index (χ0n) is 14.9. The molecule has 0 saturated carbocycles. The lowest BCUT2D eigenvalue weighted by Gasteiger charge is -2.04. The number of aliphatic carboxylic acids is 4. The van der Waals surface area contributed by atoms with Crippen LogP contribution in [0.2, 0.25) is 0 Å². The summed E-state index contributed by atoms with van der Waals surface area (Å²) in [7, 11) is 0. The maximum Gasteiger partial charge on any atom is 0.331 e. The third kappa shape index (κ3) is 24.8. The molecule has 1 aliphatic heterocycles. The molecule has 0 radical (unpaired) electrons. The quantitative estimate of drug-likeness (QED) is 0.317. The number of carboxylic acids is 4. The number of ether oxygens (including phenoxy) is 2. The first kappa shape index (κ1) is 26.8. The minimum absolute atomic E-state index is 0.0628. The first-order valence-electron chi connectivity index (χ1n) is 7.93. The van der Waals surface area contributed by atoms with Crippen LogP contribution in [-0.4, -0.2) is 69.5 Å². The van der Waals surface area contributed by atoms with E-state index >= 15 is 0 Å². The smallest absolute Gasteiger partial charge is 0.331 e. The Morgan fingerprint density at radius 3 is 1.18 bits per heavy atom. The molecule has 0 spiro atoms. The van der Waals surface area contributed by atoms with Crippen molar-refractivity contribution in [3.8, 4) is 0 Å². The molecule has 0 aromatic heterocycles. The Bertz CT molecular complexity index is 528. The average molecular weight is 406 g/mol. The van der Waals surface area contributed by atoms with Crippen LogP contribution in [0.1, 0.15) is 38.5 Å². The van der Waals surface area contributed by atoms with E-state index in [0.29, 0.717) is 12.8 Å². The van der Waals surface area contributed by atoms with Gasteiger partial charge < -0.3 is 29.9 Å². The third-order valence-electron chi connectivity index (χ3n) is 2.51. The highest BCUT2D eigenvalue weighted by Crippen LogP contribution is 1.98. The second-order valence-corrected chi connectivity index (χ2v) is 4.95. The van der Waals surface area contributed by atoms with Gasteiger partial charge >= 0.3 is 35.8 Å². The lowest BCUT2D eigenvalue weighted by atomic mass is 10.2. The van der Waals surface area contributed by atoms with Crippen molar-refractivity contribution in [3.05, 3.63) is 12.2 Å². The number of carboxylic acid groups (broad SMARTS) is 4. The highest BCUT2D eigenvalue weighted by atomic mass is 16.6. The fourth-order valence-electron chi connectivity index (χ4n) is 1.28. The predicted molar refractivity (Wildman–Crippen MR) is 89.3 cm³/mol. The number of hydrogen-bond acceptors (Lipinski definition) is 8. The third-order valence-corrected chi connectivity index (χ3v) is 2.51. The summed E-state index contributed by atoms with van der Waals surface area (Å²) in [6.07, 6.45) is 2.51. The SMILES string of the molecule is O=C(O)CCC(=O)O.O=C(O)CCCCC(=O)O.O=C1/C=C\C(=O)OCCO1. The van der Waals surface area contributed by atoms with E-state index in [2.05, 4.69) is 9.47 Å². The molecule has 12 nitrogen and oxygen atoms in total. The number of rotatable bonds is 8. The lowest BCUT2D eigenvalue weighted by Crippen LogP contribution is -2.14. The molecule has 0 saturated heterocycles. The largest absolute Gasteiger partial charge is 0.481 e. The van der Waals surface area contributed by atoms with Gasteiger partial charge in [-0.3, -0.25) is 19.2 Å². The Balaban J connectivity index is 0. The maximum absolute atomic E-state index is 10.5. The Hall–Kier alpha value is -3.44. The van der Waals surface area contributed by atoms with Gasteiger partial charge in [0.05, 0.1) is 12.8 Å². The summed E-state index contributed by atoms with van der Waals surface area (Å²) in [5, 5.41) is 32.1. The van der Waals surface area contributed by atoms with Gasteiger partial charge in [-0.05, 0) is 12.8 Å². The number of esters is 2. The van der Waals surface area contributed by atoms with Crippen molar-refractivity contribution in [1.82, 2.24) is 0 Å². The molecule has 0 fully saturated rings. The van der Waals surface area contributed by atoms with Gasteiger partial charge in [-0.25, -0.2) is 9.59 Å². The molecular weight excluding hydrogens is 384 g/mol. The molecule has 0 unspecified atom stereocenters. The standard InChI is InChI=1S/C6H6O4.C6H10O4.C4H6O4/c7-5-1-2-6(8)10-4-3-9-5;7-5(8)3-1-2-4-6(9)10;5-3(6)1-2-4(7)8/h1-2H,3-4H2;1-4H2,(H,7,8)(H,9,10);1-2H2,(H,5,6)(H,7,8)/b2-1-;;. The fraction of sp³-hybridized carbons (Fsp3) is 0.500. The summed E-state index contributed by atoms with van der Waals surface area (Å²) in [6, 6.07) is 0. The molecule has 1 aliphatic rings. The topological polar surface area (TPSA) is 202 Å². The second-order valence-electron chi connectivity index (χ2n) is 4.95. The summed E-state index contributed by atoms with van der Waals surface area (Å²) >= 11 is 0. The van der Waals surface area contributed by atoms with Gasteiger partial charge in [0.2, 0.25) is 0 Å². The normalized spacial score (nSPS) is 13.6. The van der Waals surface area contributed by atoms with Crippen LogP contribution in [0, 0.1) is 0 Å². The molecule has 0 bridgehead atoms. The Kier molecular flexibility index (Phi) is 16.3. The molecule has 0 aromatic rings. The highest BCUT2D eigenvalue weighted by Gasteiger charge is 2.04. The van der Waals surface area contributed by atoms with E-state index in [-0.39, 0.29) is 38.9 Å². The zero-order valence-corrected chi connectivity index (χ0v) is 14.9. The monoisotopic (exact) mass is 406 g/mol. The van der Waals surface area contributed by atoms with Gasteiger partial charge in [0.25, 0.3) is 0 Å². The molecule has 28 heavy (non-hydrogen) atoms. The maximum atomic E-state index is 10.5. The number of carbonyl (C=O) groups excluding carboxylic acids is 2. The molecule has 0 aliphatic carbocycles. The Morgan fingerprint density at radius 2 is 0.929 bits per heavy atom. The summed E-state index contributed by atoms with van der Waals surface area (Å²) in [5.74, 6) is -4.90. The fourth-order valence-corrected chi connectivity index (χ4v) is 1.28. The molecule has 0 atom stereocenters. The minimum atomic E-state index is -1.08. The van der Waals surface area contributed by atoms with Gasteiger partial charge in [-0.2, -0.15) is 0 Å². The van der Waals surface area contributed by atoms with Crippen LogP contribution in [0.5, 0.6) is 0 Å². The van der Waals surface area contributed by atoms with Crippen molar-refractivity contribution < 1.29 is 58.7 Å². The number of hydrogen-bond donors (Lipinski definition) is 4. The van der Waals surface area contributed by atoms with Gasteiger partial charge in [0.15, 0.2) is 0 Å². The molecule has 158 valence electrons. The molecule has 1 heterocycles. The van der Waals surface area contributed by atoms with E-state index < -0.39 is 35.8 Å². The van der Waals surface area contributed by atoms with Crippen molar-refractivity contribution in [2.24, 2.45) is 0 Å². The molecule has 0 aromatic carbocycles. The van der Waals surface area contributed by atoms with Crippen LogP contribution < -0.4 is 0 Å². The number of carbonyl (C=O) groups is 6. The van der Waals surface area contributed by atoms with Crippen molar-refractivity contribution in [1.29, 1.82) is 0 Å². The van der Waals surface area contributed by atoms with Crippen LogP contribution in [0.15, 0.2) is 12.2 Å². The van der Waals surface area contributed by atoms with Crippen LogP contribution in [0.4, 0.5) is 0 Å². The molecule has 12 heteroatoms. The van der Waals surface area contributed by atoms with E-state index in [1.165, 1.54) is 0 Å². The van der Waals surface area contributed by atoms with Crippen molar-refractivity contribution >= 4 is 35.8 Å². The van der Waals surface area contributed by atoms with E-state index in [1.54, 1.807) is 0 Å². The second kappa shape index (κ2) is 17.0. The van der Waals surface area contributed by atoms with E-state index in [1.807, 2.05) is 0 Å². The average Bonchev–Trinajstić information content (AvgIpc) is 2.58. The summed E-state index contributed by atoms with van der Waals surface area (Å²) in [4.78, 5) is 60.0. The minimum Gasteiger partial charge on any atom is -0.481 e. The first-order chi connectivity index (χ1) is 13.0. The summed E-state index contributed by atoms with van der Waals surface area (Å²) in [5.41, 5.74) is 0. The highest BCUT2D eigenvalue weighted by molar-refractivity contribution is 5.92. The first-order valence-corrected chi connectivity index (χ1v) is 7.93. The van der Waals surface area contributed by atoms with Crippen LogP contribution in [0.25, 0.3) is 0 Å². The van der Waals surface area contributed by atoms with Crippen LogP contribution in [-0.2, 0) is 38.2 Å². The molecule has 4 N–H and O–H groups in total. The van der Waals surface area contributed by atoms with Crippen LogP contribution in [0.3, 0.4) is 0 Å². The van der Waals surface area contributed by atoms with Crippen LogP contribution >= 0.6 is 0 Å². The predicted octanol–water partition coefficient (Wildman–Crippen LogP) is 0.294. The van der Waals surface area contributed by atoms with Gasteiger partial charge in [0.1, 0.15) is 13.2 Å². The summed E-state index contributed by atoms with van der Waals surface area (Å²) in [6.45, 7) is 0.268. The summed E-state index contributed by atoms with van der Waals surface area (Å²) < 4.78 is 9.06. The molecule has 1 rings (SSSR count). The Labute approximate surface area is 159 Å². The molecule has 0 amide bonds.